The molecule has 0 atom stereocenters. The Morgan fingerprint density at radius 3 is 2.40 bits per heavy atom. The number of benzene rings is 2. The Bertz CT molecular complexity index is 1300. The van der Waals surface area contributed by atoms with Crippen LogP contribution in [0.25, 0.3) is 17.0 Å². The van der Waals surface area contributed by atoms with E-state index in [1.807, 2.05) is 32.0 Å². The average molecular weight is 514 g/mol. The van der Waals surface area contributed by atoms with Crippen molar-refractivity contribution in [2.75, 3.05) is 13.7 Å². The van der Waals surface area contributed by atoms with Gasteiger partial charge in [-0.1, -0.05) is 42.3 Å². The largest absolute Gasteiger partial charge is 0.497 e. The fourth-order valence-electron chi connectivity index (χ4n) is 3.59. The van der Waals surface area contributed by atoms with Crippen LogP contribution in [0, 0.1) is 6.92 Å². The molecule has 0 bridgehead atoms. The molecule has 0 saturated carbocycles. The van der Waals surface area contributed by atoms with Gasteiger partial charge in [0.15, 0.2) is 0 Å². The molecule has 3 N–H and O–H groups in total. The van der Waals surface area contributed by atoms with E-state index in [0.29, 0.717) is 22.4 Å². The number of hydrogen-bond acceptors (Lipinski definition) is 5. The number of amides is 1. The summed E-state index contributed by atoms with van der Waals surface area (Å²) in [6.45, 7) is 6.64. The Hall–Kier alpha value is -3.13. The maximum absolute atomic E-state index is 12.1. The lowest BCUT2D eigenvalue weighted by Gasteiger charge is -2.14. The quantitative estimate of drug-likeness (QED) is 0.356. The van der Waals surface area contributed by atoms with E-state index in [1.165, 1.54) is 5.56 Å². The van der Waals surface area contributed by atoms with Gasteiger partial charge in [0.05, 0.1) is 17.8 Å². The Morgan fingerprint density at radius 2 is 1.83 bits per heavy atom. The van der Waals surface area contributed by atoms with Crippen molar-refractivity contribution in [1.82, 2.24) is 19.7 Å². The molecule has 0 aliphatic rings. The van der Waals surface area contributed by atoms with Crippen molar-refractivity contribution in [3.05, 3.63) is 81.2 Å². The van der Waals surface area contributed by atoms with E-state index in [1.54, 1.807) is 29.8 Å². The molecule has 0 aliphatic carbocycles. The minimum Gasteiger partial charge on any atom is -0.497 e. The van der Waals surface area contributed by atoms with Gasteiger partial charge in [0, 0.05) is 41.1 Å². The lowest BCUT2D eigenvalue weighted by atomic mass is 10.0. The molecule has 9 heteroatoms. The van der Waals surface area contributed by atoms with Gasteiger partial charge in [-0.05, 0) is 56.2 Å². The molecule has 0 unspecified atom stereocenters. The van der Waals surface area contributed by atoms with Gasteiger partial charge in [-0.3, -0.25) is 9.20 Å². The van der Waals surface area contributed by atoms with E-state index in [2.05, 4.69) is 34.3 Å². The number of aryl methyl sites for hydroxylation is 2. The number of fused-ring (bicyclic) bond motifs is 1. The fourth-order valence-corrected chi connectivity index (χ4v) is 4.09. The van der Waals surface area contributed by atoms with Crippen molar-refractivity contribution < 1.29 is 9.53 Å². The molecular formula is C26H29Cl2N5O2. The van der Waals surface area contributed by atoms with Crippen LogP contribution in [0.4, 0.5) is 0 Å². The number of nitrogens with zero attached hydrogens (tertiary/aromatic N) is 3. The number of nitrogens with one attached hydrogen (secondary N) is 1. The van der Waals surface area contributed by atoms with Crippen molar-refractivity contribution in [2.45, 2.75) is 33.7 Å². The highest BCUT2D eigenvalue weighted by Crippen LogP contribution is 2.34. The summed E-state index contributed by atoms with van der Waals surface area (Å²) in [6.07, 6.45) is 2.73. The molecule has 0 aliphatic heterocycles. The summed E-state index contributed by atoms with van der Waals surface area (Å²) in [7, 11) is 1.68. The molecule has 0 saturated heterocycles. The van der Waals surface area contributed by atoms with Crippen LogP contribution in [0.2, 0.25) is 10.0 Å². The Kier molecular flexibility index (Phi) is 9.09. The van der Waals surface area contributed by atoms with Gasteiger partial charge in [0.2, 0.25) is 5.78 Å². The van der Waals surface area contributed by atoms with E-state index in [0.717, 1.165) is 34.7 Å². The normalized spacial score (nSPS) is 10.6. The van der Waals surface area contributed by atoms with E-state index in [-0.39, 0.29) is 18.1 Å². The number of ether oxygens (including phenoxy) is 1. The van der Waals surface area contributed by atoms with E-state index < -0.39 is 0 Å². The van der Waals surface area contributed by atoms with Crippen LogP contribution in [0.15, 0.2) is 48.7 Å². The molecule has 4 rings (SSSR count). The van der Waals surface area contributed by atoms with Crippen LogP contribution >= 0.6 is 23.2 Å². The predicted molar refractivity (Wildman–Crippen MR) is 141 cm³/mol. The zero-order valence-corrected chi connectivity index (χ0v) is 21.7. The second-order valence-corrected chi connectivity index (χ2v) is 8.55. The van der Waals surface area contributed by atoms with Crippen molar-refractivity contribution >= 4 is 34.9 Å². The minimum absolute atomic E-state index is 0.256. The number of imidazole rings is 1. The monoisotopic (exact) mass is 513 g/mol. The average Bonchev–Trinajstić information content (AvgIpc) is 3.28. The van der Waals surface area contributed by atoms with E-state index in [4.69, 9.17) is 33.7 Å². The summed E-state index contributed by atoms with van der Waals surface area (Å²) >= 11 is 12.4. The summed E-state index contributed by atoms with van der Waals surface area (Å²) in [4.78, 5) is 20.9. The summed E-state index contributed by atoms with van der Waals surface area (Å²) in [5.41, 5.74) is 10.7. The minimum atomic E-state index is -0.256. The van der Waals surface area contributed by atoms with Crippen molar-refractivity contribution in [1.29, 1.82) is 0 Å². The molecule has 184 valence electrons. The summed E-state index contributed by atoms with van der Waals surface area (Å²) in [6, 6.07) is 13.4. The zero-order chi connectivity index (χ0) is 25.5. The number of carbonyl (C=O) groups excluding carboxylic acids is 1. The Morgan fingerprint density at radius 1 is 1.11 bits per heavy atom. The van der Waals surface area contributed by atoms with Gasteiger partial charge in [0.1, 0.15) is 11.4 Å². The molecular weight excluding hydrogens is 485 g/mol. The number of hydrogen-bond donors (Lipinski definition) is 2. The van der Waals surface area contributed by atoms with Gasteiger partial charge >= 0.3 is 0 Å². The smallest absolute Gasteiger partial charge is 0.271 e. The Labute approximate surface area is 215 Å². The lowest BCUT2D eigenvalue weighted by molar-refractivity contribution is 0.0951. The lowest BCUT2D eigenvalue weighted by Crippen LogP contribution is -2.22. The van der Waals surface area contributed by atoms with Crippen molar-refractivity contribution in [3.63, 3.8) is 0 Å². The first-order chi connectivity index (χ1) is 16.8. The first-order valence-electron chi connectivity index (χ1n) is 11.3. The van der Waals surface area contributed by atoms with Gasteiger partial charge in [0.25, 0.3) is 5.91 Å². The molecule has 0 spiro atoms. The maximum atomic E-state index is 12.1. The molecule has 35 heavy (non-hydrogen) atoms. The van der Waals surface area contributed by atoms with Gasteiger partial charge < -0.3 is 15.8 Å². The molecule has 2 aromatic heterocycles. The topological polar surface area (TPSA) is 94.5 Å². The molecule has 0 radical (unpaired) electrons. The van der Waals surface area contributed by atoms with E-state index in [9.17, 15) is 4.79 Å². The second-order valence-electron chi connectivity index (χ2n) is 7.71. The third kappa shape index (κ3) is 6.11. The summed E-state index contributed by atoms with van der Waals surface area (Å²) in [5.74, 6) is 1.09. The standard InChI is InChI=1S/C17H17Cl2N5O.C9H12O/c1-3-21-16(25)14-8-24-15(11-5-4-10(18)6-13(11)19)12(7-20)9(2)22-17(24)23-14;1-3-8-4-6-9(10-2)7-5-8/h4-6,8H,3,7,20H2,1-2H3,(H,21,25);4-7H,3H2,1-2H3. The highest BCUT2D eigenvalue weighted by Gasteiger charge is 2.19. The Balaban J connectivity index is 0.000000287. The van der Waals surface area contributed by atoms with Crippen LogP contribution in [-0.4, -0.2) is 33.9 Å². The number of methoxy groups -OCH3 is 1. The SMILES string of the molecule is CCNC(=O)c1cn2c(-c3ccc(Cl)cc3Cl)c(CN)c(C)nc2n1.CCc1ccc(OC)cc1. The van der Waals surface area contributed by atoms with Crippen molar-refractivity contribution in [2.24, 2.45) is 5.73 Å². The number of nitrogens with two attached hydrogens (primary N) is 1. The maximum Gasteiger partial charge on any atom is 0.271 e. The fraction of sp³-hybridized carbons (Fsp3) is 0.269. The second kappa shape index (κ2) is 12.0. The van der Waals surface area contributed by atoms with Gasteiger partial charge in [-0.15, -0.1) is 0 Å². The summed E-state index contributed by atoms with van der Waals surface area (Å²) in [5, 5.41) is 3.76. The first kappa shape index (κ1) is 26.5. The molecule has 1 amide bonds. The predicted octanol–water partition coefficient (Wildman–Crippen LogP) is 5.48. The van der Waals surface area contributed by atoms with Crippen LogP contribution in [0.3, 0.4) is 0 Å². The molecule has 2 heterocycles. The third-order valence-corrected chi connectivity index (χ3v) is 5.99. The number of carbonyl (C=O) groups is 1. The third-order valence-electron chi connectivity index (χ3n) is 5.45. The van der Waals surface area contributed by atoms with Crippen LogP contribution < -0.4 is 15.8 Å². The molecule has 4 aromatic rings. The highest BCUT2D eigenvalue weighted by atomic mass is 35.5. The van der Waals surface area contributed by atoms with Crippen LogP contribution in [0.5, 0.6) is 5.75 Å². The van der Waals surface area contributed by atoms with Gasteiger partial charge in [-0.25, -0.2) is 9.97 Å². The molecule has 0 fully saturated rings. The number of rotatable bonds is 6. The molecule has 7 nitrogen and oxygen atoms in total. The van der Waals surface area contributed by atoms with Crippen LogP contribution in [0.1, 0.15) is 41.2 Å². The van der Waals surface area contributed by atoms with Crippen molar-refractivity contribution in [3.8, 4) is 17.0 Å². The first-order valence-corrected chi connectivity index (χ1v) is 12.0. The van der Waals surface area contributed by atoms with Gasteiger partial charge in [-0.2, -0.15) is 0 Å². The highest BCUT2D eigenvalue weighted by molar-refractivity contribution is 6.36. The van der Waals surface area contributed by atoms with Crippen LogP contribution in [-0.2, 0) is 13.0 Å². The number of aromatic nitrogens is 3. The zero-order valence-electron chi connectivity index (χ0n) is 20.2. The van der Waals surface area contributed by atoms with E-state index >= 15 is 0 Å². The number of halogens is 2. The summed E-state index contributed by atoms with van der Waals surface area (Å²) < 4.78 is 6.76. The molecule has 2 aromatic carbocycles.